The highest BCUT2D eigenvalue weighted by molar-refractivity contribution is 5.84. The predicted molar refractivity (Wildman–Crippen MR) is 86.6 cm³/mol. The zero-order valence-electron chi connectivity index (χ0n) is 12.6. The van der Waals surface area contributed by atoms with Crippen LogP contribution in [-0.2, 0) is 0 Å². The van der Waals surface area contributed by atoms with Gasteiger partial charge in [0.05, 0.1) is 5.52 Å². The molecule has 4 heteroatoms. The number of benzene rings is 2. The van der Waals surface area contributed by atoms with E-state index in [1.807, 2.05) is 35.8 Å². The summed E-state index contributed by atoms with van der Waals surface area (Å²) in [5.74, 6) is -1.91. The third-order valence-corrected chi connectivity index (χ3v) is 4.38. The standard InChI is InChI=1S/C19H15F2NO/c1-11-2-4-12(5-3-11)15-10-22(13-6-7-13)18-9-17(21)16(20)8-14(18)19(15)23/h2-5,8-10,13H,6-7H2,1H3. The number of aromatic nitrogens is 1. The van der Waals surface area contributed by atoms with Crippen LogP contribution in [0, 0.1) is 18.6 Å². The van der Waals surface area contributed by atoms with Crippen molar-refractivity contribution < 1.29 is 8.78 Å². The SMILES string of the molecule is Cc1ccc(-c2cn(C3CC3)c3cc(F)c(F)cc3c2=O)cc1. The van der Waals surface area contributed by atoms with Crippen LogP contribution in [0.3, 0.4) is 0 Å². The molecular formula is C19H15F2NO. The van der Waals surface area contributed by atoms with E-state index in [1.54, 1.807) is 6.20 Å². The molecule has 0 unspecified atom stereocenters. The Morgan fingerprint density at radius 3 is 2.35 bits per heavy atom. The van der Waals surface area contributed by atoms with Crippen molar-refractivity contribution >= 4 is 10.9 Å². The van der Waals surface area contributed by atoms with Crippen LogP contribution in [-0.4, -0.2) is 4.57 Å². The van der Waals surface area contributed by atoms with Crippen molar-refractivity contribution in [3.05, 3.63) is 70.0 Å². The molecule has 116 valence electrons. The molecule has 1 fully saturated rings. The van der Waals surface area contributed by atoms with E-state index >= 15 is 0 Å². The number of hydrogen-bond acceptors (Lipinski definition) is 1. The Kier molecular flexibility index (Phi) is 3.08. The second-order valence-electron chi connectivity index (χ2n) is 6.16. The lowest BCUT2D eigenvalue weighted by Crippen LogP contribution is -2.12. The maximum absolute atomic E-state index is 13.6. The molecule has 0 saturated heterocycles. The van der Waals surface area contributed by atoms with Gasteiger partial charge >= 0.3 is 0 Å². The van der Waals surface area contributed by atoms with E-state index in [9.17, 15) is 13.6 Å². The van der Waals surface area contributed by atoms with E-state index in [1.165, 1.54) is 0 Å². The smallest absolute Gasteiger partial charge is 0.197 e. The van der Waals surface area contributed by atoms with E-state index in [-0.39, 0.29) is 16.9 Å². The van der Waals surface area contributed by atoms with E-state index in [2.05, 4.69) is 0 Å². The van der Waals surface area contributed by atoms with Crippen molar-refractivity contribution in [2.24, 2.45) is 0 Å². The van der Waals surface area contributed by atoms with Crippen LogP contribution in [0.2, 0.25) is 0 Å². The molecule has 0 atom stereocenters. The largest absolute Gasteiger partial charge is 0.343 e. The normalized spacial score (nSPS) is 14.4. The van der Waals surface area contributed by atoms with Crippen molar-refractivity contribution in [2.45, 2.75) is 25.8 Å². The van der Waals surface area contributed by atoms with Crippen molar-refractivity contribution in [2.75, 3.05) is 0 Å². The van der Waals surface area contributed by atoms with E-state index in [0.29, 0.717) is 11.1 Å². The number of nitrogens with zero attached hydrogens (tertiary/aromatic N) is 1. The summed E-state index contributed by atoms with van der Waals surface area (Å²) < 4.78 is 29.2. The minimum atomic E-state index is -0.988. The number of aryl methyl sites for hydroxylation is 1. The van der Waals surface area contributed by atoms with Crippen LogP contribution in [0.15, 0.2) is 47.4 Å². The zero-order valence-corrected chi connectivity index (χ0v) is 12.6. The molecular weight excluding hydrogens is 296 g/mol. The number of hydrogen-bond donors (Lipinski definition) is 0. The molecule has 0 amide bonds. The van der Waals surface area contributed by atoms with Gasteiger partial charge in [0.25, 0.3) is 0 Å². The molecule has 1 aliphatic rings. The first-order valence-electron chi connectivity index (χ1n) is 7.65. The highest BCUT2D eigenvalue weighted by Gasteiger charge is 2.26. The fourth-order valence-electron chi connectivity index (χ4n) is 2.94. The van der Waals surface area contributed by atoms with Gasteiger partial charge in [-0.25, -0.2) is 8.78 Å². The van der Waals surface area contributed by atoms with Gasteiger partial charge in [-0.05, 0) is 31.4 Å². The lowest BCUT2D eigenvalue weighted by atomic mass is 10.0. The van der Waals surface area contributed by atoms with Gasteiger partial charge in [-0.15, -0.1) is 0 Å². The minimum absolute atomic E-state index is 0.230. The Bertz CT molecular complexity index is 969. The number of halogens is 2. The van der Waals surface area contributed by atoms with Crippen molar-refractivity contribution in [3.8, 4) is 11.1 Å². The Morgan fingerprint density at radius 2 is 1.70 bits per heavy atom. The molecule has 3 aromatic rings. The van der Waals surface area contributed by atoms with Crippen LogP contribution in [0.1, 0.15) is 24.4 Å². The molecule has 1 aromatic heterocycles. The summed E-state index contributed by atoms with van der Waals surface area (Å²) >= 11 is 0. The number of pyridine rings is 1. The first-order valence-corrected chi connectivity index (χ1v) is 7.65. The van der Waals surface area contributed by atoms with Crippen LogP contribution in [0.25, 0.3) is 22.0 Å². The summed E-state index contributed by atoms with van der Waals surface area (Å²) in [5.41, 5.74) is 2.62. The molecule has 1 aliphatic carbocycles. The molecule has 4 rings (SSSR count). The van der Waals surface area contributed by atoms with Crippen molar-refractivity contribution in [1.29, 1.82) is 0 Å². The summed E-state index contributed by atoms with van der Waals surface area (Å²) in [4.78, 5) is 12.8. The second-order valence-corrected chi connectivity index (χ2v) is 6.16. The maximum atomic E-state index is 13.6. The van der Waals surface area contributed by atoms with Crippen molar-refractivity contribution in [1.82, 2.24) is 4.57 Å². The second kappa shape index (κ2) is 5.01. The summed E-state index contributed by atoms with van der Waals surface area (Å²) in [6.45, 7) is 1.98. The molecule has 0 N–H and O–H groups in total. The molecule has 0 bridgehead atoms. The molecule has 1 saturated carbocycles. The lowest BCUT2D eigenvalue weighted by Gasteiger charge is -2.13. The highest BCUT2D eigenvalue weighted by Crippen LogP contribution is 2.38. The summed E-state index contributed by atoms with van der Waals surface area (Å²) in [7, 11) is 0. The molecule has 0 spiro atoms. The topological polar surface area (TPSA) is 22.0 Å². The van der Waals surface area contributed by atoms with Crippen LogP contribution in [0.5, 0.6) is 0 Å². The van der Waals surface area contributed by atoms with Crippen molar-refractivity contribution in [3.63, 3.8) is 0 Å². The van der Waals surface area contributed by atoms with E-state index in [0.717, 1.165) is 36.1 Å². The average molecular weight is 311 g/mol. The lowest BCUT2D eigenvalue weighted by molar-refractivity contribution is 0.510. The van der Waals surface area contributed by atoms with Gasteiger partial charge in [0, 0.05) is 29.3 Å². The monoisotopic (exact) mass is 311 g/mol. The molecule has 0 radical (unpaired) electrons. The Balaban J connectivity index is 2.06. The third kappa shape index (κ3) is 2.34. The van der Waals surface area contributed by atoms with Gasteiger partial charge in [-0.1, -0.05) is 29.8 Å². The fraction of sp³-hybridized carbons (Fsp3) is 0.211. The first-order chi connectivity index (χ1) is 11.0. The summed E-state index contributed by atoms with van der Waals surface area (Å²) in [6, 6.07) is 10.0. The molecule has 2 aromatic carbocycles. The predicted octanol–water partition coefficient (Wildman–Crippen LogP) is 4.59. The highest BCUT2D eigenvalue weighted by atomic mass is 19.2. The van der Waals surface area contributed by atoms with Gasteiger partial charge in [-0.3, -0.25) is 4.79 Å². The Labute approximate surface area is 132 Å². The fourth-order valence-corrected chi connectivity index (χ4v) is 2.94. The molecule has 1 heterocycles. The summed E-state index contributed by atoms with van der Waals surface area (Å²) in [5, 5.41) is 0.230. The Hall–Kier alpha value is -2.49. The number of rotatable bonds is 2. The Morgan fingerprint density at radius 1 is 1.04 bits per heavy atom. The quantitative estimate of drug-likeness (QED) is 0.678. The van der Waals surface area contributed by atoms with Crippen LogP contribution < -0.4 is 5.43 Å². The van der Waals surface area contributed by atoms with Gasteiger partial charge in [0.2, 0.25) is 0 Å². The van der Waals surface area contributed by atoms with Gasteiger partial charge < -0.3 is 4.57 Å². The van der Waals surface area contributed by atoms with E-state index in [4.69, 9.17) is 0 Å². The van der Waals surface area contributed by atoms with Crippen LogP contribution >= 0.6 is 0 Å². The van der Waals surface area contributed by atoms with Gasteiger partial charge in [-0.2, -0.15) is 0 Å². The minimum Gasteiger partial charge on any atom is -0.343 e. The first kappa shape index (κ1) is 14.1. The third-order valence-electron chi connectivity index (χ3n) is 4.38. The van der Waals surface area contributed by atoms with Gasteiger partial charge in [0.15, 0.2) is 17.1 Å². The van der Waals surface area contributed by atoms with E-state index < -0.39 is 11.6 Å². The van der Waals surface area contributed by atoms with Crippen LogP contribution in [0.4, 0.5) is 8.78 Å². The molecule has 0 aliphatic heterocycles. The van der Waals surface area contributed by atoms with Gasteiger partial charge in [0.1, 0.15) is 0 Å². The average Bonchev–Trinajstić information content (AvgIpc) is 3.36. The molecule has 23 heavy (non-hydrogen) atoms. The number of fused-ring (bicyclic) bond motifs is 1. The maximum Gasteiger partial charge on any atom is 0.197 e. The molecule has 2 nitrogen and oxygen atoms in total. The zero-order chi connectivity index (χ0) is 16.1. The summed E-state index contributed by atoms with van der Waals surface area (Å²) in [6.07, 6.45) is 3.76.